The lowest BCUT2D eigenvalue weighted by molar-refractivity contribution is -0.137. The van der Waals surface area contributed by atoms with Crippen LogP contribution in [0, 0.1) is 0 Å². The molecule has 2 aromatic rings. The lowest BCUT2D eigenvalue weighted by Crippen LogP contribution is -2.28. The van der Waals surface area contributed by atoms with Crippen LogP contribution in [0.15, 0.2) is 29.1 Å². The van der Waals surface area contributed by atoms with Crippen LogP contribution in [0.25, 0.3) is 0 Å². The van der Waals surface area contributed by atoms with Crippen LogP contribution >= 0.6 is 0 Å². The molecule has 8 heteroatoms. The Hall–Kier alpha value is -2.38. The van der Waals surface area contributed by atoms with E-state index in [9.17, 15) is 18.0 Å². The summed E-state index contributed by atoms with van der Waals surface area (Å²) in [6.45, 7) is 5.43. The van der Waals surface area contributed by atoms with Crippen molar-refractivity contribution in [2.75, 3.05) is 5.32 Å². The number of hydrogen-bond acceptors (Lipinski definition) is 4. The molecule has 2 rings (SSSR count). The largest absolute Gasteiger partial charge is 0.416 e. The SMILES string of the molecule is CC(C)(C)c1nnc(Nc2cccc(C(F)(F)F)c2)[nH]c1=O. The molecule has 2 N–H and O–H groups in total. The van der Waals surface area contributed by atoms with E-state index in [4.69, 9.17) is 0 Å². The minimum absolute atomic E-state index is 0.0164. The van der Waals surface area contributed by atoms with Gasteiger partial charge in [0.15, 0.2) is 0 Å². The Morgan fingerprint density at radius 2 is 1.82 bits per heavy atom. The van der Waals surface area contributed by atoms with E-state index in [0.29, 0.717) is 0 Å². The predicted molar refractivity (Wildman–Crippen MR) is 76.1 cm³/mol. The molecule has 0 saturated carbocycles. The Morgan fingerprint density at radius 3 is 2.36 bits per heavy atom. The molecule has 0 unspecified atom stereocenters. The standard InChI is InChI=1S/C14H15F3N4O/c1-13(2,3)10-11(22)19-12(21-20-10)18-9-6-4-5-8(7-9)14(15,16)17/h4-7H,1-3H3,(H2,18,19,21,22). The minimum atomic E-state index is -4.44. The summed E-state index contributed by atoms with van der Waals surface area (Å²) in [6.07, 6.45) is -4.44. The number of nitrogens with one attached hydrogen (secondary N) is 2. The molecule has 118 valence electrons. The second-order valence-corrected chi connectivity index (χ2v) is 5.80. The molecule has 0 aliphatic rings. The van der Waals surface area contributed by atoms with Crippen LogP contribution in [0.1, 0.15) is 32.0 Å². The number of H-pyrrole nitrogens is 1. The van der Waals surface area contributed by atoms with Crippen LogP contribution in [-0.4, -0.2) is 15.2 Å². The Balaban J connectivity index is 2.29. The number of aromatic nitrogens is 3. The first-order valence-corrected chi connectivity index (χ1v) is 6.49. The van der Waals surface area contributed by atoms with Gasteiger partial charge in [0.1, 0.15) is 5.69 Å². The van der Waals surface area contributed by atoms with Crippen molar-refractivity contribution >= 4 is 11.6 Å². The van der Waals surface area contributed by atoms with Crippen LogP contribution in [0.2, 0.25) is 0 Å². The Labute approximate surface area is 124 Å². The van der Waals surface area contributed by atoms with Crippen LogP contribution in [0.3, 0.4) is 0 Å². The van der Waals surface area contributed by atoms with Gasteiger partial charge >= 0.3 is 6.18 Å². The Kier molecular flexibility index (Phi) is 3.95. The van der Waals surface area contributed by atoms with Crippen LogP contribution in [0.5, 0.6) is 0 Å². The zero-order valence-corrected chi connectivity index (χ0v) is 12.2. The lowest BCUT2D eigenvalue weighted by atomic mass is 9.93. The van der Waals surface area contributed by atoms with E-state index in [1.807, 2.05) is 20.8 Å². The van der Waals surface area contributed by atoms with Crippen LogP contribution in [0.4, 0.5) is 24.8 Å². The summed E-state index contributed by atoms with van der Waals surface area (Å²) in [5.74, 6) is -0.0164. The zero-order chi connectivity index (χ0) is 16.5. The molecular weight excluding hydrogens is 297 g/mol. The molecule has 5 nitrogen and oxygen atoms in total. The molecule has 1 heterocycles. The third kappa shape index (κ3) is 3.63. The molecule has 1 aromatic carbocycles. The lowest BCUT2D eigenvalue weighted by Gasteiger charge is -2.15. The maximum absolute atomic E-state index is 12.6. The van der Waals surface area contributed by atoms with E-state index in [0.717, 1.165) is 12.1 Å². The molecule has 0 amide bonds. The number of hydrogen-bond donors (Lipinski definition) is 2. The highest BCUT2D eigenvalue weighted by molar-refractivity contribution is 5.54. The predicted octanol–water partition coefficient (Wildman–Crippen LogP) is 3.22. The highest BCUT2D eigenvalue weighted by Crippen LogP contribution is 2.31. The highest BCUT2D eigenvalue weighted by atomic mass is 19.4. The molecule has 0 bridgehead atoms. The number of benzene rings is 1. The van der Waals surface area contributed by atoms with Crippen molar-refractivity contribution < 1.29 is 13.2 Å². The third-order valence-electron chi connectivity index (χ3n) is 2.86. The molecule has 1 aromatic heterocycles. The minimum Gasteiger partial charge on any atom is -0.324 e. The number of halogens is 3. The third-order valence-corrected chi connectivity index (χ3v) is 2.86. The van der Waals surface area contributed by atoms with E-state index in [1.54, 1.807) is 0 Å². The molecule has 0 spiro atoms. The van der Waals surface area contributed by atoms with Gasteiger partial charge in [-0.2, -0.15) is 13.2 Å². The molecular formula is C14H15F3N4O. The van der Waals surface area contributed by atoms with Crippen molar-refractivity contribution in [2.24, 2.45) is 0 Å². The smallest absolute Gasteiger partial charge is 0.324 e. The summed E-state index contributed by atoms with van der Waals surface area (Å²) < 4.78 is 37.9. The van der Waals surface area contributed by atoms with Crippen molar-refractivity contribution in [3.8, 4) is 0 Å². The van der Waals surface area contributed by atoms with Gasteiger partial charge < -0.3 is 5.32 Å². The summed E-state index contributed by atoms with van der Waals surface area (Å²) in [4.78, 5) is 14.4. The first-order chi connectivity index (χ1) is 10.1. The fourth-order valence-corrected chi connectivity index (χ4v) is 1.79. The first-order valence-electron chi connectivity index (χ1n) is 6.49. The van der Waals surface area contributed by atoms with E-state index < -0.39 is 22.7 Å². The maximum Gasteiger partial charge on any atom is 0.416 e. The van der Waals surface area contributed by atoms with Gasteiger partial charge in [-0.05, 0) is 18.2 Å². The number of aromatic amines is 1. The van der Waals surface area contributed by atoms with Crippen molar-refractivity contribution in [3.63, 3.8) is 0 Å². The summed E-state index contributed by atoms with van der Waals surface area (Å²) in [6, 6.07) is 4.59. The number of alkyl halides is 3. The monoisotopic (exact) mass is 312 g/mol. The summed E-state index contributed by atoms with van der Waals surface area (Å²) in [5.41, 5.74) is -1.29. The second kappa shape index (κ2) is 5.43. The molecule has 0 aliphatic carbocycles. The maximum atomic E-state index is 12.6. The topological polar surface area (TPSA) is 70.7 Å². The van der Waals surface area contributed by atoms with Gasteiger partial charge in [0.05, 0.1) is 5.56 Å². The van der Waals surface area contributed by atoms with Crippen molar-refractivity contribution in [1.82, 2.24) is 15.2 Å². The van der Waals surface area contributed by atoms with Gasteiger partial charge in [-0.1, -0.05) is 26.8 Å². The Morgan fingerprint density at radius 1 is 1.14 bits per heavy atom. The van der Waals surface area contributed by atoms with Gasteiger partial charge in [-0.3, -0.25) is 9.78 Å². The molecule has 22 heavy (non-hydrogen) atoms. The quantitative estimate of drug-likeness (QED) is 0.893. The highest BCUT2D eigenvalue weighted by Gasteiger charge is 2.30. The molecule has 0 radical (unpaired) electrons. The van der Waals surface area contributed by atoms with E-state index in [2.05, 4.69) is 20.5 Å². The molecule has 0 saturated heterocycles. The molecule has 0 atom stereocenters. The summed E-state index contributed by atoms with van der Waals surface area (Å²) >= 11 is 0. The average Bonchev–Trinajstić information content (AvgIpc) is 2.36. The first kappa shape index (κ1) is 16.0. The fraction of sp³-hybridized carbons (Fsp3) is 0.357. The number of anilines is 2. The Bertz CT molecular complexity index is 732. The van der Waals surface area contributed by atoms with Gasteiger partial charge in [0, 0.05) is 11.1 Å². The number of nitrogens with zero attached hydrogens (tertiary/aromatic N) is 2. The van der Waals surface area contributed by atoms with Crippen LogP contribution < -0.4 is 10.9 Å². The van der Waals surface area contributed by atoms with Gasteiger partial charge in [0.2, 0.25) is 5.95 Å². The van der Waals surface area contributed by atoms with Crippen LogP contribution in [-0.2, 0) is 11.6 Å². The number of rotatable bonds is 2. The van der Waals surface area contributed by atoms with Crippen molar-refractivity contribution in [3.05, 3.63) is 45.9 Å². The normalized spacial score (nSPS) is 12.3. The van der Waals surface area contributed by atoms with Gasteiger partial charge in [-0.25, -0.2) is 0 Å². The fourth-order valence-electron chi connectivity index (χ4n) is 1.79. The van der Waals surface area contributed by atoms with E-state index in [1.165, 1.54) is 12.1 Å². The second-order valence-electron chi connectivity index (χ2n) is 5.80. The average molecular weight is 312 g/mol. The van der Waals surface area contributed by atoms with E-state index in [-0.39, 0.29) is 17.3 Å². The van der Waals surface area contributed by atoms with Crippen molar-refractivity contribution in [1.29, 1.82) is 0 Å². The van der Waals surface area contributed by atoms with Crippen molar-refractivity contribution in [2.45, 2.75) is 32.4 Å². The van der Waals surface area contributed by atoms with Gasteiger partial charge in [-0.15, -0.1) is 10.2 Å². The molecule has 0 aliphatic heterocycles. The molecule has 0 fully saturated rings. The van der Waals surface area contributed by atoms with Gasteiger partial charge in [0.25, 0.3) is 5.56 Å². The zero-order valence-electron chi connectivity index (χ0n) is 12.2. The summed E-state index contributed by atoms with van der Waals surface area (Å²) in [7, 11) is 0. The van der Waals surface area contributed by atoms with E-state index >= 15 is 0 Å². The summed E-state index contributed by atoms with van der Waals surface area (Å²) in [5, 5.41) is 10.2.